The van der Waals surface area contributed by atoms with Crippen molar-refractivity contribution in [3.05, 3.63) is 54.4 Å². The average molecular weight is 546 g/mol. The van der Waals surface area contributed by atoms with Crippen molar-refractivity contribution in [2.75, 3.05) is 56.2 Å². The van der Waals surface area contributed by atoms with Crippen LogP contribution in [0.3, 0.4) is 0 Å². The number of aliphatic hydroxyl groups excluding tert-OH is 2. The fourth-order valence-corrected chi connectivity index (χ4v) is 4.81. The average Bonchev–Trinajstić information content (AvgIpc) is 3.01. The molecule has 0 bridgehead atoms. The van der Waals surface area contributed by atoms with E-state index in [9.17, 15) is 15.2 Å². The zero-order chi connectivity index (χ0) is 27.9. The fraction of sp³-hybridized carbons (Fsp3) is 0.393. The molecule has 3 N–H and O–H groups in total. The lowest BCUT2D eigenvalue weighted by atomic mass is 10.1. The Balaban J connectivity index is 1.23. The lowest BCUT2D eigenvalue weighted by molar-refractivity contribution is -0.135. The Labute approximate surface area is 231 Å². The summed E-state index contributed by atoms with van der Waals surface area (Å²) >= 11 is 0. The van der Waals surface area contributed by atoms with E-state index in [1.165, 1.54) is 6.33 Å². The van der Waals surface area contributed by atoms with Crippen molar-refractivity contribution in [3.8, 4) is 23.2 Å². The molecule has 0 saturated carbocycles. The number of hydrogen-bond acceptors (Lipinski definition) is 11. The molecule has 40 heavy (non-hydrogen) atoms. The highest BCUT2D eigenvalue weighted by Gasteiger charge is 2.24. The van der Waals surface area contributed by atoms with E-state index in [0.29, 0.717) is 67.7 Å². The van der Waals surface area contributed by atoms with E-state index < -0.39 is 6.61 Å². The third kappa shape index (κ3) is 6.45. The number of carbonyl (C=O) groups excluding carboxylic acids is 1. The summed E-state index contributed by atoms with van der Waals surface area (Å²) in [4.78, 5) is 28.5. The first-order valence-electron chi connectivity index (χ1n) is 13.2. The molecule has 5 rings (SSSR count). The summed E-state index contributed by atoms with van der Waals surface area (Å²) in [5.41, 5.74) is 2.86. The molecule has 2 aromatic carbocycles. The number of piperidine rings is 1. The number of aliphatic hydroxyl groups is 2. The third-order valence-corrected chi connectivity index (χ3v) is 6.98. The molecule has 2 aliphatic rings. The Morgan fingerprint density at radius 1 is 1.12 bits per heavy atom. The summed E-state index contributed by atoms with van der Waals surface area (Å²) in [6, 6.07) is 15.3. The van der Waals surface area contributed by atoms with Gasteiger partial charge in [0.25, 0.3) is 0 Å². The van der Waals surface area contributed by atoms with Gasteiger partial charge in [0.2, 0.25) is 11.9 Å². The normalized spacial score (nSPS) is 17.8. The highest BCUT2D eigenvalue weighted by molar-refractivity contribution is 5.77. The smallest absolute Gasteiger partial charge is 0.248 e. The Hall–Kier alpha value is -4.31. The van der Waals surface area contributed by atoms with Crippen LogP contribution in [0.2, 0.25) is 0 Å². The van der Waals surface area contributed by atoms with Crippen LogP contribution in [0.4, 0.5) is 17.3 Å². The molecular weight excluding hydrogens is 514 g/mol. The number of hydrogen-bond donors (Lipinski definition) is 3. The van der Waals surface area contributed by atoms with Gasteiger partial charge in [-0.25, -0.2) is 9.97 Å². The summed E-state index contributed by atoms with van der Waals surface area (Å²) in [6.45, 7) is 2.49. The molecule has 0 aliphatic carbocycles. The molecule has 1 unspecified atom stereocenters. The predicted octanol–water partition coefficient (Wildman–Crippen LogP) is 1.71. The van der Waals surface area contributed by atoms with Crippen molar-refractivity contribution in [2.45, 2.75) is 25.0 Å². The van der Waals surface area contributed by atoms with E-state index in [1.54, 1.807) is 23.1 Å². The second-order valence-corrected chi connectivity index (χ2v) is 9.60. The molecule has 0 spiro atoms. The van der Waals surface area contributed by atoms with E-state index in [4.69, 9.17) is 14.6 Å². The number of nitrogens with zero attached hydrogens (tertiary/aromatic N) is 6. The maximum atomic E-state index is 11.7. The minimum absolute atomic E-state index is 0.00185. The van der Waals surface area contributed by atoms with Gasteiger partial charge in [-0.1, -0.05) is 0 Å². The summed E-state index contributed by atoms with van der Waals surface area (Å²) in [5, 5.41) is 31.4. The van der Waals surface area contributed by atoms with Crippen LogP contribution in [-0.2, 0) is 9.53 Å². The van der Waals surface area contributed by atoms with E-state index >= 15 is 0 Å². The molecule has 2 aliphatic heterocycles. The van der Waals surface area contributed by atoms with Crippen molar-refractivity contribution in [1.82, 2.24) is 19.9 Å². The first-order valence-corrected chi connectivity index (χ1v) is 13.2. The van der Waals surface area contributed by atoms with E-state index in [-0.39, 0.29) is 24.7 Å². The summed E-state index contributed by atoms with van der Waals surface area (Å²) in [5.74, 6) is 0.966. The predicted molar refractivity (Wildman–Crippen MR) is 146 cm³/mol. The van der Waals surface area contributed by atoms with Crippen LogP contribution in [-0.4, -0.2) is 94.2 Å². The zero-order valence-corrected chi connectivity index (χ0v) is 21.9. The van der Waals surface area contributed by atoms with Gasteiger partial charge >= 0.3 is 0 Å². The quantitative estimate of drug-likeness (QED) is 0.379. The largest absolute Gasteiger partial charge is 0.489 e. The Bertz CT molecular complexity index is 1360. The van der Waals surface area contributed by atoms with Gasteiger partial charge in [0.05, 0.1) is 24.9 Å². The molecule has 1 atom stereocenters. The lowest BCUT2D eigenvalue weighted by Gasteiger charge is -2.33. The molecule has 0 radical (unpaired) electrons. The number of nitriles is 1. The van der Waals surface area contributed by atoms with Gasteiger partial charge in [0.15, 0.2) is 5.82 Å². The molecule has 3 aromatic rings. The number of likely N-dealkylation sites (tertiary alicyclic amines) is 1. The number of anilines is 3. The molecule has 208 valence electrons. The van der Waals surface area contributed by atoms with E-state index in [0.717, 1.165) is 17.9 Å². The lowest BCUT2D eigenvalue weighted by Crippen LogP contribution is -2.44. The molecule has 12 heteroatoms. The monoisotopic (exact) mass is 545 g/mol. The number of carbonyl (C=O) groups is 1. The van der Waals surface area contributed by atoms with Crippen molar-refractivity contribution < 1.29 is 24.5 Å². The molecule has 1 amide bonds. The van der Waals surface area contributed by atoms with Gasteiger partial charge in [0, 0.05) is 56.0 Å². The summed E-state index contributed by atoms with van der Waals surface area (Å²) < 4.78 is 11.6. The maximum absolute atomic E-state index is 11.7. The topological polar surface area (TPSA) is 157 Å². The van der Waals surface area contributed by atoms with Crippen LogP contribution in [0.25, 0.3) is 11.4 Å². The molecule has 2 fully saturated rings. The van der Waals surface area contributed by atoms with Crippen molar-refractivity contribution in [2.24, 2.45) is 0 Å². The minimum atomic E-state index is -0.493. The SMILES string of the molecule is N#Cc1cc(-c2ncnc(Nc3ccc(N4CCOC(CO)C4)cc3)n2)ccc1OC1CCN(C(=O)CO)CC1. The highest BCUT2D eigenvalue weighted by Crippen LogP contribution is 2.28. The second kappa shape index (κ2) is 12.7. The van der Waals surface area contributed by atoms with Crippen LogP contribution in [0, 0.1) is 11.3 Å². The second-order valence-electron chi connectivity index (χ2n) is 9.60. The first kappa shape index (κ1) is 27.3. The minimum Gasteiger partial charge on any atom is -0.489 e. The highest BCUT2D eigenvalue weighted by atomic mass is 16.5. The van der Waals surface area contributed by atoms with Crippen molar-refractivity contribution in [1.29, 1.82) is 5.26 Å². The molecule has 12 nitrogen and oxygen atoms in total. The van der Waals surface area contributed by atoms with Crippen LogP contribution < -0.4 is 15.0 Å². The van der Waals surface area contributed by atoms with Gasteiger partial charge in [-0.2, -0.15) is 10.2 Å². The summed E-state index contributed by atoms with van der Waals surface area (Å²) in [6.07, 6.45) is 2.36. The van der Waals surface area contributed by atoms with Gasteiger partial charge in [-0.15, -0.1) is 0 Å². The number of rotatable bonds is 8. The fourth-order valence-electron chi connectivity index (χ4n) is 4.81. The third-order valence-electron chi connectivity index (χ3n) is 6.98. The van der Waals surface area contributed by atoms with Crippen LogP contribution in [0.5, 0.6) is 5.75 Å². The van der Waals surface area contributed by atoms with Gasteiger partial charge in [-0.05, 0) is 42.5 Å². The molecule has 1 aromatic heterocycles. The number of amides is 1. The van der Waals surface area contributed by atoms with Crippen LogP contribution in [0.15, 0.2) is 48.8 Å². The number of morpholine rings is 1. The van der Waals surface area contributed by atoms with Gasteiger partial charge in [-0.3, -0.25) is 4.79 Å². The van der Waals surface area contributed by atoms with Crippen LogP contribution in [0.1, 0.15) is 18.4 Å². The standard InChI is InChI=1S/C28H31N7O5/c29-14-20-13-19(1-6-25(20)40-23-7-9-34(10-8-23)26(38)17-37)27-30-18-31-28(33-27)32-21-2-4-22(5-3-21)35-11-12-39-24(15-35)16-36/h1-6,13,18,23-24,36-37H,7-12,15-17H2,(H,30,31,32,33). The zero-order valence-electron chi connectivity index (χ0n) is 21.9. The van der Waals surface area contributed by atoms with E-state index in [1.807, 2.05) is 24.3 Å². The summed E-state index contributed by atoms with van der Waals surface area (Å²) in [7, 11) is 0. The van der Waals surface area contributed by atoms with Gasteiger partial charge in [0.1, 0.15) is 30.9 Å². The number of benzene rings is 2. The molecular formula is C28H31N7O5. The molecule has 2 saturated heterocycles. The van der Waals surface area contributed by atoms with Crippen molar-refractivity contribution >= 4 is 23.2 Å². The number of nitrogens with one attached hydrogen (secondary N) is 1. The van der Waals surface area contributed by atoms with Crippen molar-refractivity contribution in [3.63, 3.8) is 0 Å². The van der Waals surface area contributed by atoms with Crippen LogP contribution >= 0.6 is 0 Å². The maximum Gasteiger partial charge on any atom is 0.248 e. The van der Waals surface area contributed by atoms with Gasteiger partial charge < -0.3 is 34.8 Å². The first-order chi connectivity index (χ1) is 19.6. The number of ether oxygens (including phenoxy) is 2. The Kier molecular flexibility index (Phi) is 8.65. The van der Waals surface area contributed by atoms with E-state index in [2.05, 4.69) is 31.2 Å². The molecule has 3 heterocycles. The Morgan fingerprint density at radius 2 is 1.93 bits per heavy atom. The number of aromatic nitrogens is 3. The Morgan fingerprint density at radius 3 is 2.65 bits per heavy atom.